The van der Waals surface area contributed by atoms with Gasteiger partial charge in [-0.05, 0) is 89.6 Å². The van der Waals surface area contributed by atoms with Crippen molar-refractivity contribution in [3.05, 3.63) is 91.3 Å². The summed E-state index contributed by atoms with van der Waals surface area (Å²) in [5.74, 6) is -0.301. The zero-order chi connectivity index (χ0) is 27.4. The number of hydrogen-bond acceptors (Lipinski definition) is 9. The van der Waals surface area contributed by atoms with Gasteiger partial charge in [-0.2, -0.15) is 8.42 Å². The molecule has 1 fully saturated rings. The second-order valence-corrected chi connectivity index (χ2v) is 11.3. The molecule has 0 aromatic heterocycles. The SMILES string of the molecule is CCOc1cc(/C=C2\SC(=Nc3ccc(C)cc3)NC2=O)cc(Br)c1OS(=O)(=O)c1ccc([N+](=O)[O-])cc1. The molecule has 13 heteroatoms. The van der Waals surface area contributed by atoms with Gasteiger partial charge in [0.1, 0.15) is 4.90 Å². The maximum Gasteiger partial charge on any atom is 0.339 e. The number of thioether (sulfide) groups is 1. The zero-order valence-electron chi connectivity index (χ0n) is 20.0. The summed E-state index contributed by atoms with van der Waals surface area (Å²) in [4.78, 5) is 27.4. The highest BCUT2D eigenvalue weighted by Crippen LogP contribution is 2.40. The molecule has 1 N–H and O–H groups in total. The number of nitro benzene ring substituents is 1. The minimum absolute atomic E-state index is 0.0995. The number of carbonyl (C=O) groups is 1. The summed E-state index contributed by atoms with van der Waals surface area (Å²) >= 11 is 4.50. The molecular formula is C25H20BrN3O7S2. The van der Waals surface area contributed by atoms with Crippen LogP contribution in [0.2, 0.25) is 0 Å². The number of amides is 1. The Balaban J connectivity index is 1.61. The number of amidine groups is 1. The second-order valence-electron chi connectivity index (χ2n) is 7.87. The Labute approximate surface area is 231 Å². The van der Waals surface area contributed by atoms with Gasteiger partial charge in [-0.3, -0.25) is 14.9 Å². The highest BCUT2D eigenvalue weighted by molar-refractivity contribution is 9.10. The molecular weight excluding hydrogens is 598 g/mol. The highest BCUT2D eigenvalue weighted by Gasteiger charge is 2.26. The Bertz CT molecular complexity index is 1570. The quantitative estimate of drug-likeness (QED) is 0.146. The van der Waals surface area contributed by atoms with Crippen LogP contribution in [0.1, 0.15) is 18.1 Å². The van der Waals surface area contributed by atoms with E-state index in [0.29, 0.717) is 21.3 Å². The topological polar surface area (TPSA) is 137 Å². The molecule has 0 radical (unpaired) electrons. The molecule has 1 amide bonds. The molecule has 0 atom stereocenters. The molecule has 0 saturated carbocycles. The van der Waals surface area contributed by atoms with Gasteiger partial charge in [0.15, 0.2) is 16.7 Å². The van der Waals surface area contributed by atoms with Crippen molar-refractivity contribution in [1.29, 1.82) is 0 Å². The third-order valence-electron chi connectivity index (χ3n) is 5.07. The van der Waals surface area contributed by atoms with Crippen molar-refractivity contribution in [2.45, 2.75) is 18.7 Å². The third kappa shape index (κ3) is 6.41. The first-order valence-corrected chi connectivity index (χ1v) is 14.1. The average Bonchev–Trinajstić information content (AvgIpc) is 3.21. The number of nitro groups is 1. The smallest absolute Gasteiger partial charge is 0.339 e. The molecule has 4 rings (SSSR count). The number of carbonyl (C=O) groups excluding carboxylic acids is 1. The van der Waals surface area contributed by atoms with Crippen molar-refractivity contribution in [2.24, 2.45) is 4.99 Å². The minimum Gasteiger partial charge on any atom is -0.490 e. The average molecular weight is 618 g/mol. The van der Waals surface area contributed by atoms with Crippen LogP contribution in [0.25, 0.3) is 6.08 Å². The van der Waals surface area contributed by atoms with Crippen molar-refractivity contribution < 1.29 is 27.1 Å². The van der Waals surface area contributed by atoms with E-state index in [4.69, 9.17) is 8.92 Å². The van der Waals surface area contributed by atoms with Gasteiger partial charge in [0.2, 0.25) is 0 Å². The number of hydrogen-bond donors (Lipinski definition) is 1. The molecule has 0 aliphatic carbocycles. The Hall–Kier alpha value is -3.68. The zero-order valence-corrected chi connectivity index (χ0v) is 23.2. The molecule has 196 valence electrons. The summed E-state index contributed by atoms with van der Waals surface area (Å²) < 4.78 is 36.9. The first-order chi connectivity index (χ1) is 18.1. The van der Waals surface area contributed by atoms with Gasteiger partial charge in [0.25, 0.3) is 11.6 Å². The van der Waals surface area contributed by atoms with Crippen molar-refractivity contribution >= 4 is 66.3 Å². The molecule has 10 nitrogen and oxygen atoms in total. The fourth-order valence-corrected chi connectivity index (χ4v) is 5.72. The van der Waals surface area contributed by atoms with E-state index in [9.17, 15) is 23.3 Å². The maximum atomic E-state index is 12.9. The summed E-state index contributed by atoms with van der Waals surface area (Å²) in [7, 11) is -4.33. The lowest BCUT2D eigenvalue weighted by Gasteiger charge is -2.14. The van der Waals surface area contributed by atoms with E-state index in [0.717, 1.165) is 29.8 Å². The summed E-state index contributed by atoms with van der Waals surface area (Å²) in [6, 6.07) is 15.0. The van der Waals surface area contributed by atoms with Crippen LogP contribution in [0.3, 0.4) is 0 Å². The second kappa shape index (κ2) is 11.4. The summed E-state index contributed by atoms with van der Waals surface area (Å²) in [5.41, 5.74) is 2.10. The fourth-order valence-electron chi connectivity index (χ4n) is 3.28. The first-order valence-electron chi connectivity index (χ1n) is 11.1. The lowest BCUT2D eigenvalue weighted by Crippen LogP contribution is -2.19. The summed E-state index contributed by atoms with van der Waals surface area (Å²) in [5, 5.41) is 14.0. The largest absolute Gasteiger partial charge is 0.490 e. The molecule has 0 unspecified atom stereocenters. The number of ether oxygens (including phenoxy) is 1. The Kier molecular flexibility index (Phi) is 8.19. The van der Waals surface area contributed by atoms with Gasteiger partial charge in [-0.1, -0.05) is 17.7 Å². The van der Waals surface area contributed by atoms with Crippen LogP contribution < -0.4 is 14.2 Å². The van der Waals surface area contributed by atoms with Crippen LogP contribution in [-0.4, -0.2) is 31.0 Å². The van der Waals surface area contributed by atoms with E-state index < -0.39 is 15.0 Å². The standard InChI is InChI=1S/C25H20BrN3O7S2/c1-3-35-21-13-16(14-22-24(30)28-25(37-22)27-17-6-4-15(2)5-7-17)12-20(26)23(21)36-38(33,34)19-10-8-18(9-11-19)29(31)32/h4-14H,3H2,1-2H3,(H,27,28,30)/b22-14-. The number of nitrogens with one attached hydrogen (secondary N) is 1. The van der Waals surface area contributed by atoms with Gasteiger partial charge >= 0.3 is 10.1 Å². The molecule has 3 aromatic rings. The molecule has 0 spiro atoms. The van der Waals surface area contributed by atoms with Gasteiger partial charge in [0.05, 0.1) is 26.6 Å². The number of nitrogens with zero attached hydrogens (tertiary/aromatic N) is 2. The van der Waals surface area contributed by atoms with E-state index in [-0.39, 0.29) is 39.1 Å². The summed E-state index contributed by atoms with van der Waals surface area (Å²) in [6.45, 7) is 3.91. The van der Waals surface area contributed by atoms with Gasteiger partial charge in [-0.25, -0.2) is 4.99 Å². The molecule has 1 saturated heterocycles. The van der Waals surface area contributed by atoms with Crippen LogP contribution in [-0.2, 0) is 14.9 Å². The molecule has 38 heavy (non-hydrogen) atoms. The number of rotatable bonds is 8. The minimum atomic E-state index is -4.33. The Morgan fingerprint density at radius 2 is 1.82 bits per heavy atom. The third-order valence-corrected chi connectivity index (χ3v) is 7.81. The van der Waals surface area contributed by atoms with E-state index in [1.807, 2.05) is 31.2 Å². The lowest BCUT2D eigenvalue weighted by atomic mass is 10.2. The van der Waals surface area contributed by atoms with Crippen molar-refractivity contribution in [1.82, 2.24) is 5.32 Å². The van der Waals surface area contributed by atoms with Crippen molar-refractivity contribution in [2.75, 3.05) is 6.61 Å². The van der Waals surface area contributed by atoms with Gasteiger partial charge in [0, 0.05) is 12.1 Å². The van der Waals surface area contributed by atoms with Gasteiger partial charge in [-0.15, -0.1) is 0 Å². The van der Waals surface area contributed by atoms with Crippen LogP contribution in [0.5, 0.6) is 11.5 Å². The van der Waals surface area contributed by atoms with E-state index in [2.05, 4.69) is 26.2 Å². The monoisotopic (exact) mass is 617 g/mol. The molecule has 1 heterocycles. The summed E-state index contributed by atoms with van der Waals surface area (Å²) in [6.07, 6.45) is 1.62. The number of benzene rings is 3. The number of non-ortho nitro benzene ring substituents is 1. The Morgan fingerprint density at radius 3 is 2.45 bits per heavy atom. The first kappa shape index (κ1) is 27.4. The predicted molar refractivity (Wildman–Crippen MR) is 148 cm³/mol. The molecule has 3 aromatic carbocycles. The number of aliphatic imine (C=N–C) groups is 1. The van der Waals surface area contributed by atoms with E-state index in [1.165, 1.54) is 11.8 Å². The van der Waals surface area contributed by atoms with Crippen LogP contribution >= 0.6 is 27.7 Å². The van der Waals surface area contributed by atoms with Gasteiger partial charge < -0.3 is 14.2 Å². The van der Waals surface area contributed by atoms with E-state index in [1.54, 1.807) is 25.1 Å². The number of aryl methyl sites for hydroxylation is 1. The Morgan fingerprint density at radius 1 is 1.13 bits per heavy atom. The van der Waals surface area contributed by atoms with Crippen LogP contribution in [0.15, 0.2) is 79.9 Å². The van der Waals surface area contributed by atoms with Crippen LogP contribution in [0, 0.1) is 17.0 Å². The van der Waals surface area contributed by atoms with Crippen molar-refractivity contribution in [3.8, 4) is 11.5 Å². The maximum absolute atomic E-state index is 12.9. The normalized spacial score (nSPS) is 15.5. The van der Waals surface area contributed by atoms with E-state index >= 15 is 0 Å². The van der Waals surface area contributed by atoms with Crippen LogP contribution in [0.4, 0.5) is 11.4 Å². The number of halogens is 1. The highest BCUT2D eigenvalue weighted by atomic mass is 79.9. The van der Waals surface area contributed by atoms with Crippen molar-refractivity contribution in [3.63, 3.8) is 0 Å². The lowest BCUT2D eigenvalue weighted by molar-refractivity contribution is -0.384. The predicted octanol–water partition coefficient (Wildman–Crippen LogP) is 5.72. The molecule has 1 aliphatic rings. The fraction of sp³-hybridized carbons (Fsp3) is 0.120. The molecule has 1 aliphatic heterocycles. The molecule has 0 bridgehead atoms.